The summed E-state index contributed by atoms with van der Waals surface area (Å²) >= 11 is 1.81. The molecule has 29 heavy (non-hydrogen) atoms. The zero-order chi connectivity index (χ0) is 20.3. The van der Waals surface area contributed by atoms with Crippen LogP contribution in [0.25, 0.3) is 0 Å². The fraction of sp³-hybridized carbons (Fsp3) is 0.762. The molecule has 0 aromatic carbocycles. The summed E-state index contributed by atoms with van der Waals surface area (Å²) in [5, 5.41) is 9.05. The topological polar surface area (TPSA) is 67.4 Å². The summed E-state index contributed by atoms with van der Waals surface area (Å²) in [6, 6.07) is 4.67. The Morgan fingerprint density at radius 3 is 3.03 bits per heavy atom. The minimum Gasteiger partial charge on any atom is -0.379 e. The number of hydrogen-bond acceptors (Lipinski definition) is 6. The van der Waals surface area contributed by atoms with Gasteiger partial charge in [0.1, 0.15) is 0 Å². The Labute approximate surface area is 178 Å². The molecule has 1 aromatic heterocycles. The highest BCUT2D eigenvalue weighted by Gasteiger charge is 2.26. The molecule has 2 N–H and O–H groups in total. The van der Waals surface area contributed by atoms with E-state index in [4.69, 9.17) is 14.2 Å². The number of morpholine rings is 1. The molecule has 1 aromatic rings. The van der Waals surface area contributed by atoms with Gasteiger partial charge in [0.15, 0.2) is 5.96 Å². The quantitative estimate of drug-likeness (QED) is 0.341. The highest BCUT2D eigenvalue weighted by Crippen LogP contribution is 2.26. The van der Waals surface area contributed by atoms with Crippen LogP contribution in [-0.2, 0) is 14.2 Å². The molecule has 2 aliphatic heterocycles. The fourth-order valence-corrected chi connectivity index (χ4v) is 4.67. The van der Waals surface area contributed by atoms with Gasteiger partial charge in [-0.05, 0) is 37.6 Å². The number of nitrogens with zero attached hydrogens (tertiary/aromatic N) is 2. The van der Waals surface area contributed by atoms with Crippen molar-refractivity contribution in [3.05, 3.63) is 22.4 Å². The number of nitrogens with one attached hydrogen (secondary N) is 2. The maximum Gasteiger partial charge on any atom is 0.191 e. The Balaban J connectivity index is 1.38. The van der Waals surface area contributed by atoms with E-state index in [1.807, 2.05) is 18.4 Å². The largest absolute Gasteiger partial charge is 0.379 e. The van der Waals surface area contributed by atoms with Crippen molar-refractivity contribution in [2.75, 3.05) is 59.7 Å². The third-order valence-electron chi connectivity index (χ3n) is 5.36. The molecular weight excluding hydrogens is 388 g/mol. The Morgan fingerprint density at radius 2 is 2.31 bits per heavy atom. The highest BCUT2D eigenvalue weighted by atomic mass is 32.1. The minimum atomic E-state index is 0.276. The Bertz CT molecular complexity index is 593. The molecule has 3 rings (SSSR count). The van der Waals surface area contributed by atoms with Crippen molar-refractivity contribution in [3.63, 3.8) is 0 Å². The van der Waals surface area contributed by atoms with Crippen molar-refractivity contribution >= 4 is 17.3 Å². The van der Waals surface area contributed by atoms with E-state index in [1.54, 1.807) is 0 Å². The van der Waals surface area contributed by atoms with Crippen molar-refractivity contribution < 1.29 is 14.2 Å². The zero-order valence-electron chi connectivity index (χ0n) is 17.8. The van der Waals surface area contributed by atoms with Gasteiger partial charge < -0.3 is 24.8 Å². The molecule has 2 fully saturated rings. The first-order chi connectivity index (χ1) is 14.3. The van der Waals surface area contributed by atoms with Crippen LogP contribution in [0.3, 0.4) is 0 Å². The van der Waals surface area contributed by atoms with Crippen molar-refractivity contribution in [1.29, 1.82) is 0 Å². The lowest BCUT2D eigenvalue weighted by atomic mass is 10.1. The molecule has 164 valence electrons. The summed E-state index contributed by atoms with van der Waals surface area (Å²) in [6.07, 6.45) is 3.81. The molecule has 0 radical (unpaired) electrons. The van der Waals surface area contributed by atoms with Gasteiger partial charge in [0.2, 0.25) is 0 Å². The summed E-state index contributed by atoms with van der Waals surface area (Å²) in [6.45, 7) is 8.86. The summed E-state index contributed by atoms with van der Waals surface area (Å²) in [4.78, 5) is 8.27. The highest BCUT2D eigenvalue weighted by molar-refractivity contribution is 7.10. The van der Waals surface area contributed by atoms with Gasteiger partial charge >= 0.3 is 0 Å². The first-order valence-electron chi connectivity index (χ1n) is 10.8. The summed E-state index contributed by atoms with van der Waals surface area (Å²) in [7, 11) is 1.82. The first-order valence-corrected chi connectivity index (χ1v) is 11.7. The SMILES string of the molecule is CN=C(NCCCOCC1CCCO1)NCC(c1cccs1)N1CCOC(C)C1. The van der Waals surface area contributed by atoms with Crippen LogP contribution in [-0.4, -0.2) is 82.7 Å². The number of aliphatic imine (C=N–C) groups is 1. The number of guanidine groups is 1. The minimum absolute atomic E-state index is 0.276. The van der Waals surface area contributed by atoms with Gasteiger partial charge in [-0.2, -0.15) is 0 Å². The second-order valence-electron chi connectivity index (χ2n) is 7.65. The van der Waals surface area contributed by atoms with E-state index >= 15 is 0 Å². The fourth-order valence-electron chi connectivity index (χ4n) is 3.80. The number of rotatable bonds is 10. The second kappa shape index (κ2) is 12.5. The third-order valence-corrected chi connectivity index (χ3v) is 6.33. The predicted octanol–water partition coefficient (Wildman–Crippen LogP) is 2.26. The number of hydrogen-bond donors (Lipinski definition) is 2. The molecule has 3 heterocycles. The summed E-state index contributed by atoms with van der Waals surface area (Å²) in [5.74, 6) is 0.840. The average molecular weight is 425 g/mol. The van der Waals surface area contributed by atoms with E-state index in [0.717, 1.165) is 71.2 Å². The van der Waals surface area contributed by atoms with Crippen LogP contribution in [0.15, 0.2) is 22.5 Å². The first kappa shape index (κ1) is 22.5. The van der Waals surface area contributed by atoms with Gasteiger partial charge in [0, 0.05) is 51.3 Å². The lowest BCUT2D eigenvalue weighted by molar-refractivity contribution is -0.0334. The van der Waals surface area contributed by atoms with E-state index in [9.17, 15) is 0 Å². The molecule has 0 aliphatic carbocycles. The Kier molecular flexibility index (Phi) is 9.69. The standard InChI is InChI=1S/C21H36N4O3S/c1-17-15-25(9-12-27-17)19(20-7-4-13-29-20)14-24-21(22-2)23-8-5-10-26-16-18-6-3-11-28-18/h4,7,13,17-19H,3,5-6,8-12,14-16H2,1-2H3,(H2,22,23,24). The van der Waals surface area contributed by atoms with Crippen LogP contribution in [0, 0.1) is 0 Å². The maximum atomic E-state index is 5.73. The smallest absolute Gasteiger partial charge is 0.191 e. The molecule has 2 saturated heterocycles. The van der Waals surface area contributed by atoms with Crippen molar-refractivity contribution in [2.45, 2.75) is 44.4 Å². The molecule has 3 unspecified atom stereocenters. The van der Waals surface area contributed by atoms with Gasteiger partial charge in [0.25, 0.3) is 0 Å². The molecule has 0 bridgehead atoms. The maximum absolute atomic E-state index is 5.73. The molecule has 8 heteroatoms. The van der Waals surface area contributed by atoms with Crippen molar-refractivity contribution in [1.82, 2.24) is 15.5 Å². The summed E-state index contributed by atoms with van der Waals surface area (Å²) in [5.41, 5.74) is 0. The van der Waals surface area contributed by atoms with Crippen LogP contribution in [0.2, 0.25) is 0 Å². The molecular formula is C21H36N4O3S. The third kappa shape index (κ3) is 7.53. The predicted molar refractivity (Wildman–Crippen MR) is 118 cm³/mol. The zero-order valence-corrected chi connectivity index (χ0v) is 18.6. The second-order valence-corrected chi connectivity index (χ2v) is 8.63. The normalized spacial score (nSPS) is 24.6. The molecule has 0 amide bonds. The van der Waals surface area contributed by atoms with E-state index in [2.05, 4.69) is 45.0 Å². The van der Waals surface area contributed by atoms with Crippen molar-refractivity contribution in [2.24, 2.45) is 4.99 Å². The Morgan fingerprint density at radius 1 is 1.38 bits per heavy atom. The summed E-state index contributed by atoms with van der Waals surface area (Å²) < 4.78 is 17.0. The van der Waals surface area contributed by atoms with Gasteiger partial charge in [-0.1, -0.05) is 6.07 Å². The number of ether oxygens (including phenoxy) is 3. The molecule has 0 spiro atoms. The van der Waals surface area contributed by atoms with E-state index in [0.29, 0.717) is 18.8 Å². The monoisotopic (exact) mass is 424 g/mol. The average Bonchev–Trinajstić information content (AvgIpc) is 3.43. The lowest BCUT2D eigenvalue weighted by Gasteiger charge is -2.37. The van der Waals surface area contributed by atoms with E-state index < -0.39 is 0 Å². The molecule has 7 nitrogen and oxygen atoms in total. The van der Waals surface area contributed by atoms with Gasteiger partial charge in [-0.25, -0.2) is 0 Å². The van der Waals surface area contributed by atoms with Crippen LogP contribution in [0.5, 0.6) is 0 Å². The Hall–Kier alpha value is -1.19. The molecule has 3 atom stereocenters. The van der Waals surface area contributed by atoms with Crippen LogP contribution < -0.4 is 10.6 Å². The van der Waals surface area contributed by atoms with Crippen LogP contribution in [0.4, 0.5) is 0 Å². The van der Waals surface area contributed by atoms with Gasteiger partial charge in [-0.3, -0.25) is 9.89 Å². The van der Waals surface area contributed by atoms with E-state index in [-0.39, 0.29) is 6.10 Å². The lowest BCUT2D eigenvalue weighted by Crippen LogP contribution is -2.48. The van der Waals surface area contributed by atoms with E-state index in [1.165, 1.54) is 4.88 Å². The van der Waals surface area contributed by atoms with Gasteiger partial charge in [0.05, 0.1) is 31.5 Å². The number of thiophene rings is 1. The van der Waals surface area contributed by atoms with Crippen LogP contribution in [0.1, 0.15) is 37.1 Å². The molecule has 2 aliphatic rings. The van der Waals surface area contributed by atoms with Crippen LogP contribution >= 0.6 is 11.3 Å². The van der Waals surface area contributed by atoms with Gasteiger partial charge in [-0.15, -0.1) is 11.3 Å². The molecule has 0 saturated carbocycles. The van der Waals surface area contributed by atoms with Crippen molar-refractivity contribution in [3.8, 4) is 0 Å².